The molecular weight excluding hydrogens is 730 g/mol. The van der Waals surface area contributed by atoms with Crippen LogP contribution in [0.3, 0.4) is 0 Å². The number of aryl methyl sites for hydroxylation is 1. The van der Waals surface area contributed by atoms with Crippen molar-refractivity contribution in [1.29, 1.82) is 0 Å². The van der Waals surface area contributed by atoms with Gasteiger partial charge in [-0.15, -0.1) is 0 Å². The van der Waals surface area contributed by atoms with Crippen LogP contribution in [0.2, 0.25) is 0 Å². The lowest BCUT2D eigenvalue weighted by Gasteiger charge is -2.43. The maximum Gasteiger partial charge on any atom is 0.264 e. The van der Waals surface area contributed by atoms with Gasteiger partial charge in [-0.3, -0.25) is 4.79 Å². The number of benzene rings is 5. The molecule has 262 valence electrons. The smallest absolute Gasteiger partial charge is 0.264 e. The molecule has 52 heavy (non-hydrogen) atoms. The lowest BCUT2D eigenvalue weighted by Crippen LogP contribution is -2.37. The number of anilines is 1. The average Bonchev–Trinajstić information content (AvgIpc) is 3.50. The number of hydrogen-bond acceptors (Lipinski definition) is 6. The molecule has 1 N–H and O–H groups in total. The Morgan fingerprint density at radius 2 is 1.50 bits per heavy atom. The van der Waals surface area contributed by atoms with Crippen molar-refractivity contribution < 1.29 is 14.3 Å². The number of carbonyl (C=O) groups is 1. The zero-order valence-electron chi connectivity index (χ0n) is 29.3. The molecule has 5 aromatic rings. The minimum Gasteiger partial charge on any atom is -0.490 e. The van der Waals surface area contributed by atoms with Crippen LogP contribution in [0.1, 0.15) is 70.5 Å². The average molecular weight is 771 g/mol. The lowest BCUT2D eigenvalue weighted by atomic mass is 9.76. The highest BCUT2D eigenvalue weighted by Crippen LogP contribution is 2.50. The van der Waals surface area contributed by atoms with Gasteiger partial charge in [-0.25, -0.2) is 4.99 Å². The summed E-state index contributed by atoms with van der Waals surface area (Å²) >= 11 is 5.06. The second-order valence-electron chi connectivity index (χ2n) is 13.5. The molecule has 0 saturated carbocycles. The Kier molecular flexibility index (Phi) is 9.93. The molecular formula is C44H40BrN3O3S. The minimum atomic E-state index is -0.174. The summed E-state index contributed by atoms with van der Waals surface area (Å²) < 4.78 is 13.0. The molecule has 0 aromatic heterocycles. The Morgan fingerprint density at radius 3 is 2.12 bits per heavy atom. The quantitative estimate of drug-likeness (QED) is 0.151. The number of thioether (sulfide) groups is 1. The zero-order chi connectivity index (χ0) is 35.6. The van der Waals surface area contributed by atoms with Crippen LogP contribution in [0.15, 0.2) is 124 Å². The number of hydrogen-bond donors (Lipinski definition) is 1. The summed E-state index contributed by atoms with van der Waals surface area (Å²) in [5, 5.41) is 3.61. The standard InChI is InChI=1S/C44H40BrN3O3S/c1-3-50-39-23-30(22-38(45)42(39)51-27-29-16-14-28(2)15-17-29)24-40-43(49)47-44(52-40)46-33-25-36-34(31-10-6-4-7-11-31)18-20-48-21-19-35(37(26-33)41(36)48)32-12-8-5-9-13-32/h4-17,22-26,34-35H,3,18-21,27H2,1-2H3,(H,46,47,49)/b40-24-/t34-,35-/m1/s1. The summed E-state index contributed by atoms with van der Waals surface area (Å²) in [6, 6.07) is 38.3. The molecule has 1 saturated heterocycles. The Balaban J connectivity index is 1.11. The van der Waals surface area contributed by atoms with E-state index in [9.17, 15) is 4.79 Å². The van der Waals surface area contributed by atoms with Gasteiger partial charge in [0.2, 0.25) is 0 Å². The summed E-state index contributed by atoms with van der Waals surface area (Å²) in [6.45, 7) is 6.99. The monoisotopic (exact) mass is 769 g/mol. The van der Waals surface area contributed by atoms with E-state index in [1.165, 1.54) is 45.3 Å². The van der Waals surface area contributed by atoms with Crippen molar-refractivity contribution >= 4 is 56.2 Å². The summed E-state index contributed by atoms with van der Waals surface area (Å²) in [5.74, 6) is 1.64. The number of rotatable bonds is 9. The Hall–Kier alpha value is -4.79. The van der Waals surface area contributed by atoms with Crippen LogP contribution in [0.25, 0.3) is 6.08 Å². The van der Waals surface area contributed by atoms with E-state index >= 15 is 0 Å². The van der Waals surface area contributed by atoms with Crippen LogP contribution >= 0.6 is 27.7 Å². The molecule has 5 aromatic carbocycles. The zero-order valence-corrected chi connectivity index (χ0v) is 31.7. The Morgan fingerprint density at radius 1 is 0.865 bits per heavy atom. The molecule has 8 rings (SSSR count). The summed E-state index contributed by atoms with van der Waals surface area (Å²) in [4.78, 5) is 21.6. The van der Waals surface area contributed by atoms with Crippen molar-refractivity contribution in [3.63, 3.8) is 0 Å². The van der Waals surface area contributed by atoms with E-state index < -0.39 is 0 Å². The molecule has 0 aliphatic carbocycles. The molecule has 2 atom stereocenters. The van der Waals surface area contributed by atoms with E-state index in [4.69, 9.17) is 14.5 Å². The fraction of sp³-hybridized carbons (Fsp3) is 0.227. The second kappa shape index (κ2) is 15.1. The van der Waals surface area contributed by atoms with Gasteiger partial charge in [0.1, 0.15) is 6.61 Å². The number of carbonyl (C=O) groups excluding carboxylic acids is 1. The fourth-order valence-corrected chi connectivity index (χ4v) is 8.98. The van der Waals surface area contributed by atoms with Crippen LogP contribution in [-0.2, 0) is 11.4 Å². The summed E-state index contributed by atoms with van der Waals surface area (Å²) in [6.07, 6.45) is 3.99. The maximum atomic E-state index is 13.4. The number of halogens is 1. The first-order chi connectivity index (χ1) is 25.4. The summed E-state index contributed by atoms with van der Waals surface area (Å²) in [7, 11) is 0. The molecule has 6 nitrogen and oxygen atoms in total. The van der Waals surface area contributed by atoms with Crippen molar-refractivity contribution in [1.82, 2.24) is 5.32 Å². The predicted octanol–water partition coefficient (Wildman–Crippen LogP) is 10.5. The van der Waals surface area contributed by atoms with E-state index in [1.54, 1.807) is 0 Å². The summed E-state index contributed by atoms with van der Waals surface area (Å²) in [5.41, 5.74) is 10.6. The van der Waals surface area contributed by atoms with Crippen molar-refractivity contribution in [2.45, 2.75) is 45.1 Å². The topological polar surface area (TPSA) is 63.2 Å². The van der Waals surface area contributed by atoms with E-state index in [-0.39, 0.29) is 17.7 Å². The van der Waals surface area contributed by atoms with Crippen LogP contribution in [0.4, 0.5) is 11.4 Å². The van der Waals surface area contributed by atoms with Gasteiger partial charge in [0.15, 0.2) is 16.7 Å². The van der Waals surface area contributed by atoms with Crippen molar-refractivity contribution in [2.75, 3.05) is 24.6 Å². The minimum absolute atomic E-state index is 0.174. The van der Waals surface area contributed by atoms with Gasteiger partial charge in [-0.1, -0.05) is 90.5 Å². The first-order valence-corrected chi connectivity index (χ1v) is 19.5. The van der Waals surface area contributed by atoms with Crippen molar-refractivity contribution in [3.05, 3.63) is 158 Å². The first kappa shape index (κ1) is 34.3. The number of amides is 1. The maximum absolute atomic E-state index is 13.4. The molecule has 3 aliphatic rings. The van der Waals surface area contributed by atoms with Gasteiger partial charge in [-0.2, -0.15) is 0 Å². The first-order valence-electron chi connectivity index (χ1n) is 17.9. The number of aliphatic imine (C=N–C) groups is 1. The van der Waals surface area contributed by atoms with E-state index in [1.807, 2.05) is 25.1 Å². The second-order valence-corrected chi connectivity index (χ2v) is 15.4. The SMILES string of the molecule is CCOc1cc(/C=C2\SC(=Nc3cc4c5c(c3)[C@@H](c3ccccc3)CCN5CC[C@@H]4c3ccccc3)NC2=O)cc(Br)c1OCc1ccc(C)cc1. The molecule has 0 spiro atoms. The molecule has 0 bridgehead atoms. The Labute approximate surface area is 318 Å². The van der Waals surface area contributed by atoms with E-state index in [0.717, 1.165) is 47.2 Å². The third kappa shape index (κ3) is 7.14. The molecule has 0 unspecified atom stereocenters. The van der Waals surface area contributed by atoms with Crippen LogP contribution in [0, 0.1) is 6.92 Å². The van der Waals surface area contributed by atoms with Crippen molar-refractivity contribution in [2.24, 2.45) is 4.99 Å². The normalized spacial score (nSPS) is 19.4. The molecule has 3 aliphatic heterocycles. The predicted molar refractivity (Wildman–Crippen MR) is 216 cm³/mol. The third-order valence-corrected chi connectivity index (χ3v) is 11.5. The van der Waals surface area contributed by atoms with E-state index in [2.05, 4.69) is 130 Å². The molecule has 1 fully saturated rings. The highest BCUT2D eigenvalue weighted by atomic mass is 79.9. The lowest BCUT2D eigenvalue weighted by molar-refractivity contribution is -0.115. The number of amidine groups is 1. The van der Waals surface area contributed by atoms with Crippen LogP contribution < -0.4 is 19.7 Å². The van der Waals surface area contributed by atoms with Gasteiger partial charge >= 0.3 is 0 Å². The van der Waals surface area contributed by atoms with Gasteiger partial charge in [0.25, 0.3) is 5.91 Å². The highest BCUT2D eigenvalue weighted by Gasteiger charge is 2.35. The molecule has 8 heteroatoms. The van der Waals surface area contributed by atoms with Crippen LogP contribution in [0.5, 0.6) is 11.5 Å². The highest BCUT2D eigenvalue weighted by molar-refractivity contribution is 9.10. The molecule has 1 amide bonds. The number of ether oxygens (including phenoxy) is 2. The third-order valence-electron chi connectivity index (χ3n) is 10.0. The van der Waals surface area contributed by atoms with Crippen molar-refractivity contribution in [3.8, 4) is 11.5 Å². The van der Waals surface area contributed by atoms with Gasteiger partial charge in [-0.05, 0) is 118 Å². The number of nitrogens with one attached hydrogen (secondary N) is 1. The largest absolute Gasteiger partial charge is 0.490 e. The number of nitrogens with zero attached hydrogens (tertiary/aromatic N) is 2. The fourth-order valence-electron chi connectivity index (χ4n) is 7.57. The Bertz CT molecular complexity index is 2100. The van der Waals surface area contributed by atoms with Gasteiger partial charge in [0.05, 0.1) is 21.7 Å². The molecule has 0 radical (unpaired) electrons. The molecule has 3 heterocycles. The van der Waals surface area contributed by atoms with Gasteiger partial charge < -0.3 is 19.7 Å². The van der Waals surface area contributed by atoms with E-state index in [0.29, 0.717) is 34.8 Å². The van der Waals surface area contributed by atoms with Crippen LogP contribution in [-0.4, -0.2) is 30.8 Å². The van der Waals surface area contributed by atoms with Gasteiger partial charge in [0, 0.05) is 30.6 Å².